The Kier molecular flexibility index (Phi) is 3.77. The van der Waals surface area contributed by atoms with Crippen molar-refractivity contribution in [1.82, 2.24) is 5.32 Å². The molecule has 0 bridgehead atoms. The van der Waals surface area contributed by atoms with Crippen molar-refractivity contribution in [2.75, 3.05) is 13.1 Å². The summed E-state index contributed by atoms with van der Waals surface area (Å²) < 4.78 is 25.5. The molecule has 0 aromatic heterocycles. The van der Waals surface area contributed by atoms with Crippen molar-refractivity contribution in [3.8, 4) is 0 Å². The summed E-state index contributed by atoms with van der Waals surface area (Å²) in [5.74, 6) is 0.455. The minimum absolute atomic E-state index is 0.122. The van der Waals surface area contributed by atoms with E-state index in [-0.39, 0.29) is 5.56 Å². The van der Waals surface area contributed by atoms with Crippen LogP contribution in [0.25, 0.3) is 0 Å². The smallest absolute Gasteiger partial charge is 0.264 e. The van der Waals surface area contributed by atoms with Crippen LogP contribution in [-0.2, 0) is 6.42 Å². The molecular weight excluding hydrogens is 232 g/mol. The highest BCUT2D eigenvalue weighted by atomic mass is 35.5. The fourth-order valence-electron chi connectivity index (χ4n) is 2.16. The van der Waals surface area contributed by atoms with Gasteiger partial charge >= 0.3 is 0 Å². The predicted octanol–water partition coefficient (Wildman–Crippen LogP) is 3.43. The molecule has 1 heterocycles. The van der Waals surface area contributed by atoms with Gasteiger partial charge in [0, 0.05) is 10.6 Å². The summed E-state index contributed by atoms with van der Waals surface area (Å²) >= 11 is 5.85. The van der Waals surface area contributed by atoms with E-state index in [1.807, 2.05) is 0 Å². The Morgan fingerprint density at radius 1 is 1.44 bits per heavy atom. The van der Waals surface area contributed by atoms with Gasteiger partial charge in [-0.1, -0.05) is 17.7 Å². The summed E-state index contributed by atoms with van der Waals surface area (Å²) in [6.07, 6.45) is -0.677. The summed E-state index contributed by atoms with van der Waals surface area (Å²) in [6, 6.07) is 4.63. The minimum atomic E-state index is -2.42. The zero-order valence-electron chi connectivity index (χ0n) is 8.85. The Morgan fingerprint density at radius 2 is 2.25 bits per heavy atom. The first-order valence-corrected chi connectivity index (χ1v) is 5.82. The number of hydrogen-bond donors (Lipinski definition) is 1. The monoisotopic (exact) mass is 245 g/mol. The molecule has 0 saturated carbocycles. The second-order valence-corrected chi connectivity index (χ2v) is 4.64. The van der Waals surface area contributed by atoms with Crippen LogP contribution in [0.3, 0.4) is 0 Å². The van der Waals surface area contributed by atoms with Gasteiger partial charge in [-0.15, -0.1) is 0 Å². The van der Waals surface area contributed by atoms with Crippen LogP contribution in [0, 0.1) is 5.92 Å². The minimum Gasteiger partial charge on any atom is -0.316 e. The summed E-state index contributed by atoms with van der Waals surface area (Å²) in [5.41, 5.74) is 0.813. The number of halogens is 3. The van der Waals surface area contributed by atoms with Crippen molar-refractivity contribution in [3.05, 3.63) is 34.3 Å². The number of benzene rings is 1. The summed E-state index contributed by atoms with van der Waals surface area (Å²) in [5, 5.41) is 3.77. The summed E-state index contributed by atoms with van der Waals surface area (Å²) in [7, 11) is 0. The number of alkyl halides is 2. The van der Waals surface area contributed by atoms with Crippen molar-refractivity contribution in [2.45, 2.75) is 19.3 Å². The van der Waals surface area contributed by atoms with Crippen LogP contribution in [0.4, 0.5) is 8.78 Å². The fourth-order valence-corrected chi connectivity index (χ4v) is 2.36. The van der Waals surface area contributed by atoms with E-state index in [1.165, 1.54) is 12.1 Å². The van der Waals surface area contributed by atoms with Crippen LogP contribution in [0.5, 0.6) is 0 Å². The van der Waals surface area contributed by atoms with Gasteiger partial charge in [0.1, 0.15) is 0 Å². The average Bonchev–Trinajstić information content (AvgIpc) is 2.70. The Morgan fingerprint density at radius 3 is 2.88 bits per heavy atom. The maximum atomic E-state index is 12.8. The van der Waals surface area contributed by atoms with E-state index in [0.29, 0.717) is 22.9 Å². The first-order valence-electron chi connectivity index (χ1n) is 5.44. The van der Waals surface area contributed by atoms with Crippen molar-refractivity contribution in [3.63, 3.8) is 0 Å². The molecule has 0 amide bonds. The van der Waals surface area contributed by atoms with Crippen molar-refractivity contribution >= 4 is 11.6 Å². The van der Waals surface area contributed by atoms with Crippen LogP contribution in [0.2, 0.25) is 5.02 Å². The van der Waals surface area contributed by atoms with Gasteiger partial charge in [0.15, 0.2) is 0 Å². The van der Waals surface area contributed by atoms with Gasteiger partial charge in [-0.25, -0.2) is 8.78 Å². The number of hydrogen-bond acceptors (Lipinski definition) is 1. The highest BCUT2D eigenvalue weighted by Gasteiger charge is 2.19. The normalized spacial score (nSPS) is 20.6. The van der Waals surface area contributed by atoms with Gasteiger partial charge in [0.05, 0.1) is 0 Å². The van der Waals surface area contributed by atoms with Gasteiger partial charge in [-0.3, -0.25) is 0 Å². The zero-order chi connectivity index (χ0) is 11.5. The van der Waals surface area contributed by atoms with E-state index in [2.05, 4.69) is 5.32 Å². The van der Waals surface area contributed by atoms with Crippen LogP contribution in [0.1, 0.15) is 24.0 Å². The van der Waals surface area contributed by atoms with E-state index in [4.69, 9.17) is 11.6 Å². The number of rotatable bonds is 3. The lowest BCUT2D eigenvalue weighted by Crippen LogP contribution is -2.11. The molecule has 4 heteroatoms. The second-order valence-electron chi connectivity index (χ2n) is 4.21. The largest absolute Gasteiger partial charge is 0.316 e. The van der Waals surface area contributed by atoms with Crippen LogP contribution in [0.15, 0.2) is 18.2 Å². The quantitative estimate of drug-likeness (QED) is 0.860. The third kappa shape index (κ3) is 2.71. The molecule has 1 aromatic carbocycles. The molecule has 1 aromatic rings. The molecule has 1 nitrogen and oxygen atoms in total. The van der Waals surface area contributed by atoms with Crippen molar-refractivity contribution < 1.29 is 8.78 Å². The fraction of sp³-hybridized carbons (Fsp3) is 0.500. The van der Waals surface area contributed by atoms with Crippen LogP contribution in [-0.4, -0.2) is 13.1 Å². The van der Waals surface area contributed by atoms with Crippen LogP contribution >= 0.6 is 11.6 Å². The predicted molar refractivity (Wildman–Crippen MR) is 61.1 cm³/mol. The molecule has 1 fully saturated rings. The second kappa shape index (κ2) is 5.11. The van der Waals surface area contributed by atoms with Crippen molar-refractivity contribution in [2.24, 2.45) is 5.92 Å². The highest BCUT2D eigenvalue weighted by molar-refractivity contribution is 6.30. The summed E-state index contributed by atoms with van der Waals surface area (Å²) in [6.45, 7) is 1.89. The third-order valence-corrected chi connectivity index (χ3v) is 3.25. The lowest BCUT2D eigenvalue weighted by Gasteiger charge is -2.13. The standard InChI is InChI=1S/C12H14ClF2N/c13-10-1-2-11(12(14)15)9(6-10)5-8-3-4-16-7-8/h1-2,6,8,12,16H,3-5,7H2. The van der Waals surface area contributed by atoms with E-state index in [9.17, 15) is 8.78 Å². The lowest BCUT2D eigenvalue weighted by atomic mass is 9.95. The molecule has 1 unspecified atom stereocenters. The van der Waals surface area contributed by atoms with Gasteiger partial charge in [-0.2, -0.15) is 0 Å². The topological polar surface area (TPSA) is 12.0 Å². The first kappa shape index (κ1) is 11.8. The zero-order valence-corrected chi connectivity index (χ0v) is 9.61. The van der Waals surface area contributed by atoms with Gasteiger partial charge in [-0.05, 0) is 49.5 Å². The molecule has 1 saturated heterocycles. The molecule has 1 aliphatic rings. The summed E-state index contributed by atoms with van der Waals surface area (Å²) in [4.78, 5) is 0. The van der Waals surface area contributed by atoms with E-state index in [0.717, 1.165) is 19.5 Å². The van der Waals surface area contributed by atoms with Gasteiger partial charge in [0.25, 0.3) is 6.43 Å². The molecule has 1 N–H and O–H groups in total. The molecule has 1 atom stereocenters. The van der Waals surface area contributed by atoms with Crippen LogP contribution < -0.4 is 5.32 Å². The highest BCUT2D eigenvalue weighted by Crippen LogP contribution is 2.28. The maximum Gasteiger partial charge on any atom is 0.264 e. The first-order chi connectivity index (χ1) is 7.66. The molecule has 1 aliphatic heterocycles. The molecule has 88 valence electrons. The Hall–Kier alpha value is -0.670. The lowest BCUT2D eigenvalue weighted by molar-refractivity contribution is 0.150. The molecule has 0 radical (unpaired) electrons. The molecular formula is C12H14ClF2N. The van der Waals surface area contributed by atoms with Crippen molar-refractivity contribution in [1.29, 1.82) is 0 Å². The number of nitrogens with one attached hydrogen (secondary N) is 1. The third-order valence-electron chi connectivity index (χ3n) is 3.01. The van der Waals surface area contributed by atoms with Gasteiger partial charge < -0.3 is 5.32 Å². The molecule has 0 spiro atoms. The molecule has 2 rings (SSSR count). The SMILES string of the molecule is FC(F)c1ccc(Cl)cc1CC1CCNC1. The van der Waals surface area contributed by atoms with Gasteiger partial charge in [0.2, 0.25) is 0 Å². The van der Waals surface area contributed by atoms with E-state index in [1.54, 1.807) is 6.07 Å². The van der Waals surface area contributed by atoms with E-state index >= 15 is 0 Å². The Bertz CT molecular complexity index is 362. The maximum absolute atomic E-state index is 12.8. The van der Waals surface area contributed by atoms with E-state index < -0.39 is 6.43 Å². The Balaban J connectivity index is 2.19. The molecule has 16 heavy (non-hydrogen) atoms. The Labute approximate surface area is 98.8 Å². The average molecular weight is 246 g/mol. The molecule has 0 aliphatic carbocycles.